The van der Waals surface area contributed by atoms with Crippen molar-refractivity contribution in [1.82, 2.24) is 20.0 Å². The molecule has 0 bridgehead atoms. The van der Waals surface area contributed by atoms with E-state index in [0.29, 0.717) is 12.0 Å². The van der Waals surface area contributed by atoms with Crippen LogP contribution < -0.4 is 5.32 Å². The summed E-state index contributed by atoms with van der Waals surface area (Å²) in [5.41, 5.74) is 0.108. The van der Waals surface area contributed by atoms with Crippen molar-refractivity contribution in [2.45, 2.75) is 50.1 Å². The minimum atomic E-state index is -1.07. The zero-order valence-electron chi connectivity index (χ0n) is 17.7. The number of carboxylic acid groups (broad SMARTS) is 1. The van der Waals surface area contributed by atoms with Crippen molar-refractivity contribution in [2.24, 2.45) is 11.8 Å². The standard InChI is InChI=1S/C20H31N5O4S/c1-10-15-14(11(2)26)18(27)25(15)16(19(28)29)17(10)30-13-8-12(22-9-13)4-5-24-7-6-23(3)20(24)21/h10-15,21-22,26H,4-9H2,1-3H3,(H,28,29)/t10-,11-,12-,13+,14-,15-/m1/s1. The molecule has 4 N–H and O–H groups in total. The molecule has 0 radical (unpaired) electrons. The molecular weight excluding hydrogens is 406 g/mol. The van der Waals surface area contributed by atoms with Gasteiger partial charge in [-0.05, 0) is 19.8 Å². The third-order valence-corrected chi connectivity index (χ3v) is 8.41. The van der Waals surface area contributed by atoms with Crippen LogP contribution in [0, 0.1) is 17.2 Å². The number of hydrogen-bond acceptors (Lipinski definition) is 6. The summed E-state index contributed by atoms with van der Waals surface area (Å²) in [5, 5.41) is 31.6. The van der Waals surface area contributed by atoms with Gasteiger partial charge in [0.25, 0.3) is 0 Å². The lowest BCUT2D eigenvalue weighted by Gasteiger charge is -2.46. The Kier molecular flexibility index (Phi) is 5.75. The van der Waals surface area contributed by atoms with Crippen molar-refractivity contribution in [3.05, 3.63) is 10.6 Å². The number of carboxylic acids is 1. The van der Waals surface area contributed by atoms with Crippen LogP contribution in [0.1, 0.15) is 26.7 Å². The highest BCUT2D eigenvalue weighted by atomic mass is 32.2. The molecule has 4 aliphatic heterocycles. The average molecular weight is 438 g/mol. The Morgan fingerprint density at radius 1 is 1.40 bits per heavy atom. The number of hydrogen-bond donors (Lipinski definition) is 4. The van der Waals surface area contributed by atoms with Gasteiger partial charge >= 0.3 is 5.97 Å². The van der Waals surface area contributed by atoms with Crippen molar-refractivity contribution < 1.29 is 19.8 Å². The first-order chi connectivity index (χ1) is 14.2. The van der Waals surface area contributed by atoms with Crippen LogP contribution in [0.15, 0.2) is 10.6 Å². The van der Waals surface area contributed by atoms with Gasteiger partial charge in [0.05, 0.1) is 18.1 Å². The maximum absolute atomic E-state index is 12.5. The van der Waals surface area contributed by atoms with E-state index in [1.165, 1.54) is 4.90 Å². The van der Waals surface area contributed by atoms with Gasteiger partial charge in [-0.25, -0.2) is 4.79 Å². The van der Waals surface area contributed by atoms with Gasteiger partial charge < -0.3 is 30.2 Å². The molecule has 3 saturated heterocycles. The number of aliphatic hydroxyl groups excluding tert-OH is 1. The molecule has 0 saturated carbocycles. The number of nitrogens with one attached hydrogen (secondary N) is 2. The summed E-state index contributed by atoms with van der Waals surface area (Å²) in [6.07, 6.45) is 1.11. The predicted molar refractivity (Wildman–Crippen MR) is 114 cm³/mol. The van der Waals surface area contributed by atoms with Gasteiger partial charge in [-0.15, -0.1) is 11.8 Å². The third kappa shape index (κ3) is 3.48. The van der Waals surface area contributed by atoms with E-state index in [-0.39, 0.29) is 28.8 Å². The Labute approximate surface area is 181 Å². The van der Waals surface area contributed by atoms with Gasteiger partial charge in [-0.1, -0.05) is 6.92 Å². The number of amides is 1. The maximum atomic E-state index is 12.5. The summed E-state index contributed by atoms with van der Waals surface area (Å²) in [7, 11) is 1.94. The van der Waals surface area contributed by atoms with E-state index in [4.69, 9.17) is 5.41 Å². The average Bonchev–Trinajstić information content (AvgIpc) is 3.32. The summed E-state index contributed by atoms with van der Waals surface area (Å²) < 4.78 is 0. The fraction of sp³-hybridized carbons (Fsp3) is 0.750. The van der Waals surface area contributed by atoms with E-state index >= 15 is 0 Å². The largest absolute Gasteiger partial charge is 0.477 e. The number of thioether (sulfide) groups is 1. The number of rotatable bonds is 7. The quantitative estimate of drug-likeness (QED) is 0.416. The molecule has 3 fully saturated rings. The number of carbonyl (C=O) groups excluding carboxylic acids is 1. The van der Waals surface area contributed by atoms with Crippen LogP contribution in [0.3, 0.4) is 0 Å². The van der Waals surface area contributed by atoms with Crippen LogP contribution in [0.2, 0.25) is 0 Å². The van der Waals surface area contributed by atoms with Crippen molar-refractivity contribution >= 4 is 29.6 Å². The number of likely N-dealkylation sites (N-methyl/N-ethyl adjacent to an activating group) is 1. The van der Waals surface area contributed by atoms with Crippen molar-refractivity contribution in [1.29, 1.82) is 5.41 Å². The summed E-state index contributed by atoms with van der Waals surface area (Å²) in [5.74, 6) is -1.37. The zero-order chi connectivity index (χ0) is 21.7. The second-order valence-electron chi connectivity index (χ2n) is 8.87. The lowest BCUT2D eigenvalue weighted by atomic mass is 9.79. The Morgan fingerprint density at radius 2 is 2.13 bits per heavy atom. The van der Waals surface area contributed by atoms with E-state index in [1.807, 2.05) is 18.9 Å². The second-order valence-corrected chi connectivity index (χ2v) is 10.2. The Hall–Kier alpha value is -1.78. The molecule has 4 aliphatic rings. The monoisotopic (exact) mass is 437 g/mol. The van der Waals surface area contributed by atoms with Gasteiger partial charge in [0.2, 0.25) is 5.91 Å². The molecule has 0 unspecified atom stereocenters. The predicted octanol–water partition coefficient (Wildman–Crippen LogP) is 0.176. The SMILES string of the molecule is C[C@@H](O)[C@H]1C(=O)N2C(C(=O)O)=C(S[C@@H]3CN[C@H](CCN4CCN(C)C4=N)C3)[C@H](C)[C@H]12. The molecule has 0 spiro atoms. The smallest absolute Gasteiger partial charge is 0.353 e. The summed E-state index contributed by atoms with van der Waals surface area (Å²) in [6, 6.07) is 0.0880. The summed E-state index contributed by atoms with van der Waals surface area (Å²) in [4.78, 5) is 30.6. The van der Waals surface area contributed by atoms with Gasteiger partial charge in [-0.2, -0.15) is 0 Å². The molecular formula is C20H31N5O4S. The van der Waals surface area contributed by atoms with Gasteiger partial charge in [0.1, 0.15) is 5.70 Å². The minimum absolute atomic E-state index is 0.0851. The highest BCUT2D eigenvalue weighted by molar-refractivity contribution is 8.03. The van der Waals surface area contributed by atoms with Crippen LogP contribution in [0.4, 0.5) is 0 Å². The minimum Gasteiger partial charge on any atom is -0.477 e. The number of aliphatic carboxylic acids is 1. The Balaban J connectivity index is 1.38. The molecule has 4 heterocycles. The van der Waals surface area contributed by atoms with Crippen LogP contribution in [-0.4, -0.2) is 99.4 Å². The molecule has 0 aromatic carbocycles. The van der Waals surface area contributed by atoms with Gasteiger partial charge in [-0.3, -0.25) is 10.2 Å². The Morgan fingerprint density at radius 3 is 2.73 bits per heavy atom. The van der Waals surface area contributed by atoms with Crippen molar-refractivity contribution in [3.63, 3.8) is 0 Å². The van der Waals surface area contributed by atoms with E-state index < -0.39 is 18.0 Å². The van der Waals surface area contributed by atoms with E-state index in [9.17, 15) is 19.8 Å². The first-order valence-corrected chi connectivity index (χ1v) is 11.5. The Bertz CT molecular complexity index is 787. The van der Waals surface area contributed by atoms with E-state index in [1.54, 1.807) is 18.7 Å². The van der Waals surface area contributed by atoms with Crippen LogP contribution >= 0.6 is 11.8 Å². The molecule has 4 rings (SSSR count). The molecule has 0 aromatic rings. The van der Waals surface area contributed by atoms with Crippen LogP contribution in [0.25, 0.3) is 0 Å². The summed E-state index contributed by atoms with van der Waals surface area (Å²) in [6.45, 7) is 6.99. The fourth-order valence-electron chi connectivity index (χ4n) is 5.20. The number of β-lactam (4-membered cyclic amide) rings is 1. The number of nitrogens with zero attached hydrogens (tertiary/aromatic N) is 3. The van der Waals surface area contributed by atoms with Crippen LogP contribution in [-0.2, 0) is 9.59 Å². The highest BCUT2D eigenvalue weighted by Crippen LogP contribution is 2.51. The molecule has 6 atom stereocenters. The lowest BCUT2D eigenvalue weighted by molar-refractivity contribution is -0.163. The zero-order valence-corrected chi connectivity index (χ0v) is 18.5. The normalized spacial score (nSPS) is 34.7. The first kappa shape index (κ1) is 21.5. The lowest BCUT2D eigenvalue weighted by Crippen LogP contribution is -2.63. The van der Waals surface area contributed by atoms with Gasteiger partial charge in [0.15, 0.2) is 5.96 Å². The van der Waals surface area contributed by atoms with Crippen LogP contribution in [0.5, 0.6) is 0 Å². The number of aliphatic hydroxyl groups is 1. The second kappa shape index (κ2) is 8.05. The van der Waals surface area contributed by atoms with E-state index in [0.717, 1.165) is 43.9 Å². The molecule has 10 heteroatoms. The molecule has 166 valence electrons. The number of guanidine groups is 1. The van der Waals surface area contributed by atoms with Gasteiger partial charge in [0, 0.05) is 55.3 Å². The molecule has 0 aromatic heterocycles. The third-order valence-electron chi connectivity index (χ3n) is 6.90. The topological polar surface area (TPSA) is 120 Å². The molecule has 0 aliphatic carbocycles. The highest BCUT2D eigenvalue weighted by Gasteiger charge is 2.60. The maximum Gasteiger partial charge on any atom is 0.353 e. The van der Waals surface area contributed by atoms with Crippen molar-refractivity contribution in [2.75, 3.05) is 33.2 Å². The fourth-order valence-corrected chi connectivity index (χ4v) is 6.72. The number of carbonyl (C=O) groups is 2. The molecule has 1 amide bonds. The van der Waals surface area contributed by atoms with E-state index in [2.05, 4.69) is 10.2 Å². The molecule has 30 heavy (non-hydrogen) atoms. The van der Waals surface area contributed by atoms with Crippen molar-refractivity contribution in [3.8, 4) is 0 Å². The first-order valence-electron chi connectivity index (χ1n) is 10.6. The molecule has 9 nitrogen and oxygen atoms in total. The summed E-state index contributed by atoms with van der Waals surface area (Å²) >= 11 is 1.58. The number of fused-ring (bicyclic) bond motifs is 1.